The van der Waals surface area contributed by atoms with Crippen LogP contribution in [0.5, 0.6) is 0 Å². The first-order chi connectivity index (χ1) is 9.06. The Labute approximate surface area is 110 Å². The van der Waals surface area contributed by atoms with Gasteiger partial charge < -0.3 is 9.73 Å². The van der Waals surface area contributed by atoms with Gasteiger partial charge in [-0.1, -0.05) is 12.1 Å². The average molecular weight is 261 g/mol. The summed E-state index contributed by atoms with van der Waals surface area (Å²) in [5.41, 5.74) is 1.97. The van der Waals surface area contributed by atoms with Gasteiger partial charge in [0, 0.05) is 18.7 Å². The summed E-state index contributed by atoms with van der Waals surface area (Å²) in [6, 6.07) is 6.46. The van der Waals surface area contributed by atoms with Gasteiger partial charge in [0.15, 0.2) is 0 Å². The number of nitrogens with zero attached hydrogens (tertiary/aromatic N) is 2. The topological polar surface area (TPSA) is 81.2 Å². The van der Waals surface area contributed by atoms with Crippen molar-refractivity contribution in [3.63, 3.8) is 0 Å². The van der Waals surface area contributed by atoms with Gasteiger partial charge in [-0.3, -0.25) is 10.1 Å². The van der Waals surface area contributed by atoms with Crippen molar-refractivity contribution in [2.45, 2.75) is 26.9 Å². The van der Waals surface area contributed by atoms with Crippen LogP contribution in [0.2, 0.25) is 0 Å². The zero-order valence-electron chi connectivity index (χ0n) is 10.8. The molecule has 0 fully saturated rings. The van der Waals surface area contributed by atoms with E-state index in [0.29, 0.717) is 19.0 Å². The Hall–Kier alpha value is -2.21. The molecule has 0 spiro atoms. The largest absolute Gasteiger partial charge is 0.444 e. The van der Waals surface area contributed by atoms with Gasteiger partial charge in [0.2, 0.25) is 5.89 Å². The van der Waals surface area contributed by atoms with Crippen molar-refractivity contribution in [1.29, 1.82) is 0 Å². The van der Waals surface area contributed by atoms with Crippen LogP contribution in [0.15, 0.2) is 28.7 Å². The maximum Gasteiger partial charge on any atom is 0.269 e. The summed E-state index contributed by atoms with van der Waals surface area (Å²) in [5.74, 6) is 1.48. The Balaban J connectivity index is 1.87. The number of aryl methyl sites for hydroxylation is 2. The third-order valence-corrected chi connectivity index (χ3v) is 2.83. The van der Waals surface area contributed by atoms with Gasteiger partial charge in [-0.2, -0.15) is 0 Å². The monoisotopic (exact) mass is 261 g/mol. The Morgan fingerprint density at radius 3 is 2.47 bits per heavy atom. The second kappa shape index (κ2) is 5.62. The van der Waals surface area contributed by atoms with Crippen LogP contribution < -0.4 is 5.32 Å². The van der Waals surface area contributed by atoms with Crippen LogP contribution in [0.25, 0.3) is 0 Å². The van der Waals surface area contributed by atoms with Gasteiger partial charge in [-0.25, -0.2) is 4.98 Å². The van der Waals surface area contributed by atoms with Crippen molar-refractivity contribution in [3.05, 3.63) is 57.3 Å². The lowest BCUT2D eigenvalue weighted by molar-refractivity contribution is -0.384. The lowest BCUT2D eigenvalue weighted by Crippen LogP contribution is -2.12. The smallest absolute Gasteiger partial charge is 0.269 e. The van der Waals surface area contributed by atoms with E-state index in [1.807, 2.05) is 13.8 Å². The van der Waals surface area contributed by atoms with Gasteiger partial charge in [0.25, 0.3) is 5.69 Å². The molecule has 2 aromatic rings. The van der Waals surface area contributed by atoms with Crippen molar-refractivity contribution in [3.8, 4) is 0 Å². The summed E-state index contributed by atoms with van der Waals surface area (Å²) in [6.45, 7) is 4.92. The predicted molar refractivity (Wildman–Crippen MR) is 69.6 cm³/mol. The molecule has 100 valence electrons. The highest BCUT2D eigenvalue weighted by atomic mass is 16.6. The molecule has 6 heteroatoms. The zero-order valence-corrected chi connectivity index (χ0v) is 10.8. The Bertz CT molecular complexity index is 556. The van der Waals surface area contributed by atoms with Crippen molar-refractivity contribution in [2.75, 3.05) is 0 Å². The molecule has 0 aliphatic rings. The van der Waals surface area contributed by atoms with E-state index in [9.17, 15) is 10.1 Å². The highest BCUT2D eigenvalue weighted by molar-refractivity contribution is 5.32. The molecule has 19 heavy (non-hydrogen) atoms. The highest BCUT2D eigenvalue weighted by Crippen LogP contribution is 2.12. The van der Waals surface area contributed by atoms with Crippen LogP contribution >= 0.6 is 0 Å². The molecule has 0 saturated heterocycles. The zero-order chi connectivity index (χ0) is 13.8. The fourth-order valence-electron chi connectivity index (χ4n) is 1.66. The first-order valence-corrected chi connectivity index (χ1v) is 5.93. The van der Waals surface area contributed by atoms with Gasteiger partial charge >= 0.3 is 0 Å². The molecule has 0 radical (unpaired) electrons. The maximum atomic E-state index is 10.5. The number of aromatic nitrogens is 1. The number of nitro groups is 1. The minimum atomic E-state index is -0.407. The van der Waals surface area contributed by atoms with Crippen molar-refractivity contribution in [1.82, 2.24) is 10.3 Å². The summed E-state index contributed by atoms with van der Waals surface area (Å²) in [6.07, 6.45) is 0. The molecule has 6 nitrogen and oxygen atoms in total. The van der Waals surface area contributed by atoms with Crippen LogP contribution in [0.3, 0.4) is 0 Å². The predicted octanol–water partition coefficient (Wildman–Crippen LogP) is 2.49. The van der Waals surface area contributed by atoms with E-state index < -0.39 is 4.92 Å². The summed E-state index contributed by atoms with van der Waals surface area (Å²) in [5, 5.41) is 13.7. The first kappa shape index (κ1) is 13.2. The molecule has 1 aromatic carbocycles. The van der Waals surface area contributed by atoms with Crippen LogP contribution in [-0.4, -0.2) is 9.91 Å². The summed E-state index contributed by atoms with van der Waals surface area (Å²) < 4.78 is 5.44. The van der Waals surface area contributed by atoms with Gasteiger partial charge in [-0.15, -0.1) is 0 Å². The molecule has 0 unspecified atom stereocenters. The summed E-state index contributed by atoms with van der Waals surface area (Å²) in [7, 11) is 0. The maximum absolute atomic E-state index is 10.5. The Morgan fingerprint density at radius 2 is 1.95 bits per heavy atom. The van der Waals surface area contributed by atoms with Crippen LogP contribution in [0.4, 0.5) is 5.69 Å². The number of nitrogens with one attached hydrogen (secondary N) is 1. The lowest BCUT2D eigenvalue weighted by atomic mass is 10.2. The molecule has 0 amide bonds. The summed E-state index contributed by atoms with van der Waals surface area (Å²) in [4.78, 5) is 14.4. The number of oxazole rings is 1. The minimum Gasteiger partial charge on any atom is -0.444 e. The Morgan fingerprint density at radius 1 is 1.26 bits per heavy atom. The fourth-order valence-corrected chi connectivity index (χ4v) is 1.66. The third kappa shape index (κ3) is 3.38. The van der Waals surface area contributed by atoms with E-state index in [1.165, 1.54) is 12.1 Å². The average Bonchev–Trinajstić information content (AvgIpc) is 2.69. The molecule has 0 aliphatic heterocycles. The normalized spacial score (nSPS) is 10.6. The molecular weight excluding hydrogens is 246 g/mol. The van der Waals surface area contributed by atoms with E-state index in [1.54, 1.807) is 12.1 Å². The molecular formula is C13H15N3O3. The van der Waals surface area contributed by atoms with E-state index in [0.717, 1.165) is 17.0 Å². The quantitative estimate of drug-likeness (QED) is 0.660. The van der Waals surface area contributed by atoms with E-state index >= 15 is 0 Å². The SMILES string of the molecule is Cc1nc(CNCc2ccc([N+](=O)[O-])cc2)oc1C. The first-order valence-electron chi connectivity index (χ1n) is 5.93. The number of non-ortho nitro benzene ring substituents is 1. The second-order valence-electron chi connectivity index (χ2n) is 4.28. The van der Waals surface area contributed by atoms with E-state index in [-0.39, 0.29) is 5.69 Å². The number of hydrogen-bond acceptors (Lipinski definition) is 5. The van der Waals surface area contributed by atoms with Crippen LogP contribution in [0, 0.1) is 24.0 Å². The minimum absolute atomic E-state index is 0.0997. The molecule has 0 bridgehead atoms. The number of benzene rings is 1. The van der Waals surface area contributed by atoms with E-state index in [2.05, 4.69) is 10.3 Å². The molecule has 0 aliphatic carbocycles. The van der Waals surface area contributed by atoms with Crippen molar-refractivity contribution >= 4 is 5.69 Å². The number of rotatable bonds is 5. The molecule has 1 heterocycles. The molecule has 0 saturated carbocycles. The van der Waals surface area contributed by atoms with Crippen molar-refractivity contribution in [2.24, 2.45) is 0 Å². The molecule has 1 N–H and O–H groups in total. The van der Waals surface area contributed by atoms with Gasteiger partial charge in [0.1, 0.15) is 5.76 Å². The van der Waals surface area contributed by atoms with Crippen LogP contribution in [0.1, 0.15) is 22.9 Å². The second-order valence-corrected chi connectivity index (χ2v) is 4.28. The van der Waals surface area contributed by atoms with Gasteiger partial charge in [-0.05, 0) is 19.4 Å². The molecule has 0 atom stereocenters. The number of nitro benzene ring substituents is 1. The molecule has 1 aromatic heterocycles. The fraction of sp³-hybridized carbons (Fsp3) is 0.308. The molecule has 2 rings (SSSR count). The van der Waals surface area contributed by atoms with Crippen molar-refractivity contribution < 1.29 is 9.34 Å². The van der Waals surface area contributed by atoms with E-state index in [4.69, 9.17) is 4.42 Å². The van der Waals surface area contributed by atoms with Crippen LogP contribution in [-0.2, 0) is 13.1 Å². The lowest BCUT2D eigenvalue weighted by Gasteiger charge is -2.02. The third-order valence-electron chi connectivity index (χ3n) is 2.83. The van der Waals surface area contributed by atoms with Gasteiger partial charge in [0.05, 0.1) is 17.2 Å². The Kier molecular flexibility index (Phi) is 3.91. The highest BCUT2D eigenvalue weighted by Gasteiger charge is 2.06. The number of hydrogen-bond donors (Lipinski definition) is 1. The summed E-state index contributed by atoms with van der Waals surface area (Å²) >= 11 is 0. The standard InChI is InChI=1S/C13H15N3O3/c1-9-10(2)19-13(15-9)8-14-7-11-3-5-12(6-4-11)16(17)18/h3-6,14H,7-8H2,1-2H3.